The minimum atomic E-state index is 0.587. The monoisotopic (exact) mass is 241 g/mol. The van der Waals surface area contributed by atoms with Crippen molar-refractivity contribution in [3.05, 3.63) is 24.0 Å². The first-order valence-corrected chi connectivity index (χ1v) is 7.02. The molecule has 1 aromatic rings. The van der Waals surface area contributed by atoms with Crippen LogP contribution in [0.4, 0.5) is 5.69 Å². The number of pyridine rings is 1. The summed E-state index contributed by atoms with van der Waals surface area (Å²) in [5.74, 6) is 0.833. The molecule has 0 radical (unpaired) electrons. The normalized spacial score (nSPS) is 27.4. The molecule has 0 amide bonds. The second kappa shape index (κ2) is 4.97. The lowest BCUT2D eigenvalue weighted by molar-refractivity contribution is 0.243. The van der Waals surface area contributed by atoms with Crippen LogP contribution in [-0.4, -0.2) is 17.6 Å². The molecule has 2 fully saturated rings. The predicted molar refractivity (Wildman–Crippen MR) is 71.3 cm³/mol. The van der Waals surface area contributed by atoms with E-state index in [1.165, 1.54) is 38.5 Å². The highest BCUT2D eigenvalue weighted by Gasteiger charge is 2.34. The zero-order chi connectivity index (χ0) is 12.4. The Bertz CT molecular complexity index is 461. The van der Waals surface area contributed by atoms with E-state index in [0.29, 0.717) is 11.7 Å². The molecule has 1 saturated carbocycles. The van der Waals surface area contributed by atoms with Gasteiger partial charge in [-0.3, -0.25) is 0 Å². The summed E-state index contributed by atoms with van der Waals surface area (Å²) in [5.41, 5.74) is 1.64. The molecule has 3 nitrogen and oxygen atoms in total. The number of rotatable bonds is 1. The van der Waals surface area contributed by atoms with E-state index in [2.05, 4.69) is 22.0 Å². The first-order valence-electron chi connectivity index (χ1n) is 7.02. The van der Waals surface area contributed by atoms with Crippen LogP contribution in [0.1, 0.15) is 44.2 Å². The van der Waals surface area contributed by atoms with Gasteiger partial charge in [0.15, 0.2) is 5.69 Å². The van der Waals surface area contributed by atoms with Gasteiger partial charge in [-0.1, -0.05) is 12.8 Å². The molecule has 94 valence electrons. The van der Waals surface area contributed by atoms with E-state index in [4.69, 9.17) is 0 Å². The highest BCUT2D eigenvalue weighted by Crippen LogP contribution is 2.38. The van der Waals surface area contributed by atoms with Crippen LogP contribution in [0, 0.1) is 17.2 Å². The Balaban J connectivity index is 1.92. The zero-order valence-corrected chi connectivity index (χ0v) is 10.7. The Morgan fingerprint density at radius 2 is 2.06 bits per heavy atom. The Morgan fingerprint density at radius 1 is 1.22 bits per heavy atom. The molecule has 0 aromatic carbocycles. The van der Waals surface area contributed by atoms with Crippen molar-refractivity contribution in [2.75, 3.05) is 11.4 Å². The van der Waals surface area contributed by atoms with Crippen LogP contribution in [0.25, 0.3) is 0 Å². The van der Waals surface area contributed by atoms with E-state index < -0.39 is 0 Å². The lowest BCUT2D eigenvalue weighted by Crippen LogP contribution is -2.47. The Morgan fingerprint density at radius 3 is 2.94 bits per heavy atom. The third kappa shape index (κ3) is 1.96. The van der Waals surface area contributed by atoms with Gasteiger partial charge in [-0.2, -0.15) is 5.26 Å². The van der Waals surface area contributed by atoms with Crippen LogP contribution < -0.4 is 4.90 Å². The average molecular weight is 241 g/mol. The van der Waals surface area contributed by atoms with Gasteiger partial charge in [0.1, 0.15) is 6.07 Å². The van der Waals surface area contributed by atoms with E-state index in [9.17, 15) is 5.26 Å². The molecule has 2 aliphatic rings. The van der Waals surface area contributed by atoms with Crippen LogP contribution in [0.15, 0.2) is 18.3 Å². The highest BCUT2D eigenvalue weighted by atomic mass is 15.2. The fourth-order valence-corrected chi connectivity index (χ4v) is 3.64. The van der Waals surface area contributed by atoms with Gasteiger partial charge in [-0.05, 0) is 43.7 Å². The number of anilines is 1. The third-order valence-electron chi connectivity index (χ3n) is 4.44. The minimum absolute atomic E-state index is 0.587. The molecule has 1 saturated heterocycles. The number of fused-ring (bicyclic) bond motifs is 1. The molecule has 18 heavy (non-hydrogen) atoms. The molecule has 1 aliphatic carbocycles. The molecule has 2 heterocycles. The van der Waals surface area contributed by atoms with Crippen molar-refractivity contribution >= 4 is 5.69 Å². The van der Waals surface area contributed by atoms with Crippen LogP contribution in [-0.2, 0) is 0 Å². The second-order valence-corrected chi connectivity index (χ2v) is 5.43. The summed E-state index contributed by atoms with van der Waals surface area (Å²) in [5, 5.41) is 9.21. The van der Waals surface area contributed by atoms with Gasteiger partial charge in [0, 0.05) is 18.8 Å². The smallest absolute Gasteiger partial charge is 0.163 e. The number of aromatic nitrogens is 1. The molecule has 3 rings (SSSR count). The van der Waals surface area contributed by atoms with Crippen molar-refractivity contribution in [3.63, 3.8) is 0 Å². The summed E-state index contributed by atoms with van der Waals surface area (Å²) in [4.78, 5) is 6.66. The van der Waals surface area contributed by atoms with Gasteiger partial charge < -0.3 is 4.90 Å². The van der Waals surface area contributed by atoms with E-state index in [-0.39, 0.29) is 0 Å². The average Bonchev–Trinajstić information content (AvgIpc) is 2.46. The summed E-state index contributed by atoms with van der Waals surface area (Å²) in [6.07, 6.45) is 9.69. The van der Waals surface area contributed by atoms with Crippen molar-refractivity contribution in [2.24, 2.45) is 5.92 Å². The summed E-state index contributed by atoms with van der Waals surface area (Å²) >= 11 is 0. The van der Waals surface area contributed by atoms with Crippen molar-refractivity contribution in [2.45, 2.75) is 44.6 Å². The molecule has 1 aliphatic heterocycles. The van der Waals surface area contributed by atoms with Crippen LogP contribution in [0.3, 0.4) is 0 Å². The van der Waals surface area contributed by atoms with Crippen molar-refractivity contribution in [3.8, 4) is 6.07 Å². The number of piperidine rings is 1. The summed E-state index contributed by atoms with van der Waals surface area (Å²) in [6, 6.07) is 6.88. The highest BCUT2D eigenvalue weighted by molar-refractivity contribution is 5.56. The number of nitrogens with zero attached hydrogens (tertiary/aromatic N) is 3. The Kier molecular flexibility index (Phi) is 3.19. The lowest BCUT2D eigenvalue weighted by atomic mass is 9.78. The maximum absolute atomic E-state index is 9.21. The van der Waals surface area contributed by atoms with E-state index in [1.54, 1.807) is 6.20 Å². The standard InChI is InChI=1S/C15H19N3/c16-11-13-15(8-3-9-17-13)18-10-4-6-12-5-1-2-7-14(12)18/h3,8-9,12,14H,1-2,4-7,10H2/t12-,14-/m1/s1. The molecule has 2 atom stereocenters. The van der Waals surface area contributed by atoms with Gasteiger partial charge in [0.25, 0.3) is 0 Å². The number of hydrogen-bond donors (Lipinski definition) is 0. The summed E-state index contributed by atoms with van der Waals surface area (Å²) < 4.78 is 0. The third-order valence-corrected chi connectivity index (χ3v) is 4.44. The van der Waals surface area contributed by atoms with E-state index in [1.807, 2.05) is 6.07 Å². The molecular formula is C15H19N3. The predicted octanol–water partition coefficient (Wildman–Crippen LogP) is 3.11. The maximum atomic E-state index is 9.21. The zero-order valence-electron chi connectivity index (χ0n) is 10.7. The maximum Gasteiger partial charge on any atom is 0.163 e. The largest absolute Gasteiger partial charge is 0.366 e. The van der Waals surface area contributed by atoms with Crippen molar-refractivity contribution < 1.29 is 0 Å². The van der Waals surface area contributed by atoms with Crippen LogP contribution in [0.5, 0.6) is 0 Å². The molecule has 0 N–H and O–H groups in total. The topological polar surface area (TPSA) is 39.9 Å². The quantitative estimate of drug-likeness (QED) is 0.758. The first-order chi connectivity index (χ1) is 8.90. The lowest BCUT2D eigenvalue weighted by Gasteiger charge is -2.45. The molecule has 0 unspecified atom stereocenters. The minimum Gasteiger partial charge on any atom is -0.366 e. The Hall–Kier alpha value is -1.56. The fraction of sp³-hybridized carbons (Fsp3) is 0.600. The molecule has 1 aromatic heterocycles. The molecule has 0 spiro atoms. The number of nitriles is 1. The van der Waals surface area contributed by atoms with Crippen molar-refractivity contribution in [1.82, 2.24) is 4.98 Å². The molecule has 0 bridgehead atoms. The van der Waals surface area contributed by atoms with E-state index >= 15 is 0 Å². The van der Waals surface area contributed by atoms with Gasteiger partial charge in [0.2, 0.25) is 0 Å². The van der Waals surface area contributed by atoms with Crippen LogP contribution in [0.2, 0.25) is 0 Å². The first kappa shape index (κ1) is 11.5. The Labute approximate surface area is 108 Å². The fourth-order valence-electron chi connectivity index (χ4n) is 3.64. The van der Waals surface area contributed by atoms with Gasteiger partial charge in [-0.15, -0.1) is 0 Å². The van der Waals surface area contributed by atoms with Gasteiger partial charge >= 0.3 is 0 Å². The van der Waals surface area contributed by atoms with Gasteiger partial charge in [-0.25, -0.2) is 4.98 Å². The van der Waals surface area contributed by atoms with Gasteiger partial charge in [0.05, 0.1) is 5.69 Å². The number of hydrogen-bond acceptors (Lipinski definition) is 3. The van der Waals surface area contributed by atoms with Crippen molar-refractivity contribution in [1.29, 1.82) is 5.26 Å². The summed E-state index contributed by atoms with van der Waals surface area (Å²) in [6.45, 7) is 1.08. The van der Waals surface area contributed by atoms with E-state index in [0.717, 1.165) is 18.2 Å². The summed E-state index contributed by atoms with van der Waals surface area (Å²) in [7, 11) is 0. The second-order valence-electron chi connectivity index (χ2n) is 5.43. The molecular weight excluding hydrogens is 222 g/mol. The SMILES string of the molecule is N#Cc1ncccc1N1CCC[C@H]2CCCC[C@H]21. The molecule has 3 heteroatoms. The van der Waals surface area contributed by atoms with Crippen LogP contribution >= 0.6 is 0 Å².